The lowest BCUT2D eigenvalue weighted by Gasteiger charge is -2.20. The summed E-state index contributed by atoms with van der Waals surface area (Å²) < 4.78 is 18.8. The molecular formula is C27H25FN4O3. The normalized spacial score (nSPS) is 10.7. The van der Waals surface area contributed by atoms with Gasteiger partial charge < -0.3 is 14.6 Å². The topological polar surface area (TPSA) is 88.3 Å². The van der Waals surface area contributed by atoms with Crippen LogP contribution in [0.4, 0.5) is 4.39 Å². The van der Waals surface area contributed by atoms with E-state index in [0.29, 0.717) is 29.5 Å². The Morgan fingerprint density at radius 1 is 0.943 bits per heavy atom. The molecule has 1 aromatic heterocycles. The second-order valence-electron chi connectivity index (χ2n) is 8.08. The molecule has 0 bridgehead atoms. The van der Waals surface area contributed by atoms with Crippen LogP contribution in [0.3, 0.4) is 0 Å². The quantitative estimate of drug-likeness (QED) is 0.404. The number of halogens is 1. The monoisotopic (exact) mass is 472 g/mol. The number of nitrogens with one attached hydrogen (secondary N) is 1. The Labute approximate surface area is 202 Å². The van der Waals surface area contributed by atoms with Crippen molar-refractivity contribution >= 4 is 11.8 Å². The van der Waals surface area contributed by atoms with Gasteiger partial charge in [-0.2, -0.15) is 0 Å². The molecule has 1 N–H and O–H groups in total. The van der Waals surface area contributed by atoms with E-state index in [0.717, 1.165) is 16.7 Å². The van der Waals surface area contributed by atoms with Crippen LogP contribution in [0.1, 0.15) is 28.4 Å². The fraction of sp³-hybridized carbons (Fsp3) is 0.185. The van der Waals surface area contributed by atoms with Gasteiger partial charge in [0.25, 0.3) is 5.91 Å². The van der Waals surface area contributed by atoms with Crippen molar-refractivity contribution in [2.24, 2.45) is 0 Å². The van der Waals surface area contributed by atoms with Crippen molar-refractivity contribution in [2.75, 3.05) is 13.1 Å². The van der Waals surface area contributed by atoms with Crippen molar-refractivity contribution in [3.8, 4) is 22.9 Å². The minimum Gasteiger partial charge on any atom is -0.416 e. The van der Waals surface area contributed by atoms with Gasteiger partial charge in [0, 0.05) is 29.8 Å². The van der Waals surface area contributed by atoms with Crippen LogP contribution in [0.25, 0.3) is 22.9 Å². The van der Waals surface area contributed by atoms with Crippen LogP contribution in [0.2, 0.25) is 0 Å². The molecular weight excluding hydrogens is 447 g/mol. The Morgan fingerprint density at radius 2 is 1.63 bits per heavy atom. The van der Waals surface area contributed by atoms with E-state index in [1.807, 2.05) is 38.1 Å². The maximum atomic E-state index is 13.0. The largest absolute Gasteiger partial charge is 0.416 e. The summed E-state index contributed by atoms with van der Waals surface area (Å²) in [5.74, 6) is -0.113. The molecule has 0 saturated carbocycles. The molecule has 1 heterocycles. The zero-order valence-corrected chi connectivity index (χ0v) is 19.5. The molecule has 0 aliphatic carbocycles. The summed E-state index contributed by atoms with van der Waals surface area (Å²) in [7, 11) is 0. The van der Waals surface area contributed by atoms with E-state index in [1.165, 1.54) is 17.0 Å². The number of carbonyl (C=O) groups is 2. The fourth-order valence-corrected chi connectivity index (χ4v) is 3.53. The maximum Gasteiger partial charge on any atom is 0.254 e. The molecule has 0 radical (unpaired) electrons. The summed E-state index contributed by atoms with van der Waals surface area (Å²) in [5, 5.41) is 11.0. The average Bonchev–Trinajstić information content (AvgIpc) is 3.37. The highest BCUT2D eigenvalue weighted by Crippen LogP contribution is 2.25. The highest BCUT2D eigenvalue weighted by Gasteiger charge is 2.18. The molecule has 2 amide bonds. The number of hydrogen-bond donors (Lipinski definition) is 1. The Balaban J connectivity index is 1.38. The molecule has 0 atom stereocenters. The zero-order valence-electron chi connectivity index (χ0n) is 19.5. The van der Waals surface area contributed by atoms with Crippen LogP contribution in [0.5, 0.6) is 0 Å². The number of hydrogen-bond acceptors (Lipinski definition) is 5. The highest BCUT2D eigenvalue weighted by atomic mass is 19.1. The number of aryl methyl sites for hydroxylation is 1. The molecule has 4 aromatic rings. The van der Waals surface area contributed by atoms with E-state index < -0.39 is 0 Å². The minimum atomic E-state index is -0.334. The molecule has 4 rings (SSSR count). The van der Waals surface area contributed by atoms with Crippen LogP contribution in [-0.4, -0.2) is 40.0 Å². The summed E-state index contributed by atoms with van der Waals surface area (Å²) in [4.78, 5) is 26.8. The molecule has 0 aliphatic heterocycles. The van der Waals surface area contributed by atoms with Gasteiger partial charge in [-0.1, -0.05) is 29.8 Å². The highest BCUT2D eigenvalue weighted by molar-refractivity contribution is 5.96. The summed E-state index contributed by atoms with van der Waals surface area (Å²) >= 11 is 0. The van der Waals surface area contributed by atoms with Crippen molar-refractivity contribution in [3.63, 3.8) is 0 Å². The smallest absolute Gasteiger partial charge is 0.254 e. The van der Waals surface area contributed by atoms with E-state index >= 15 is 0 Å². The van der Waals surface area contributed by atoms with Crippen LogP contribution in [0, 0.1) is 12.7 Å². The second-order valence-corrected chi connectivity index (χ2v) is 8.08. The molecule has 7 nitrogen and oxygen atoms in total. The molecule has 178 valence electrons. The van der Waals surface area contributed by atoms with E-state index in [4.69, 9.17) is 4.42 Å². The van der Waals surface area contributed by atoms with E-state index in [-0.39, 0.29) is 30.7 Å². The lowest BCUT2D eigenvalue weighted by molar-refractivity contribution is -0.121. The van der Waals surface area contributed by atoms with Gasteiger partial charge in [-0.25, -0.2) is 4.39 Å². The fourth-order valence-electron chi connectivity index (χ4n) is 3.53. The van der Waals surface area contributed by atoms with Crippen LogP contribution in [-0.2, 0) is 11.3 Å². The predicted molar refractivity (Wildman–Crippen MR) is 130 cm³/mol. The van der Waals surface area contributed by atoms with E-state index in [1.54, 1.807) is 36.4 Å². The van der Waals surface area contributed by atoms with E-state index in [9.17, 15) is 14.0 Å². The number of carbonyl (C=O) groups excluding carboxylic acids is 2. The van der Waals surface area contributed by atoms with Crippen molar-refractivity contribution < 1.29 is 18.4 Å². The number of amides is 2. The van der Waals surface area contributed by atoms with Crippen LogP contribution in [0.15, 0.2) is 77.2 Å². The number of aromatic nitrogens is 2. The molecule has 3 aromatic carbocycles. The summed E-state index contributed by atoms with van der Waals surface area (Å²) in [6.45, 7) is 4.35. The molecule has 35 heavy (non-hydrogen) atoms. The van der Waals surface area contributed by atoms with Gasteiger partial charge in [0.05, 0.1) is 6.54 Å². The Hall–Kier alpha value is -4.33. The van der Waals surface area contributed by atoms with Gasteiger partial charge in [0.15, 0.2) is 0 Å². The summed E-state index contributed by atoms with van der Waals surface area (Å²) in [6.07, 6.45) is 0. The molecule has 0 aliphatic rings. The number of benzene rings is 3. The van der Waals surface area contributed by atoms with Gasteiger partial charge in [-0.05, 0) is 67.9 Å². The number of rotatable bonds is 8. The predicted octanol–water partition coefficient (Wildman–Crippen LogP) is 4.63. The Kier molecular flexibility index (Phi) is 7.30. The SMILES string of the molecule is CCN(CC(=O)NCc1ccc(F)cc1)C(=O)c1ccc(-c2nnc(-c3cccc(C)c3)o2)cc1. The van der Waals surface area contributed by atoms with Crippen molar-refractivity contribution in [1.82, 2.24) is 20.4 Å². The second kappa shape index (κ2) is 10.7. The van der Waals surface area contributed by atoms with Gasteiger partial charge in [0.1, 0.15) is 5.82 Å². The summed E-state index contributed by atoms with van der Waals surface area (Å²) in [5.41, 5.74) is 3.84. The standard InChI is InChI=1S/C27H25FN4O3/c1-3-32(17-24(33)29-16-19-7-13-23(28)14-8-19)27(34)21-11-9-20(10-12-21)25-30-31-26(35-25)22-6-4-5-18(2)15-22/h4-15H,3,16-17H2,1-2H3,(H,29,33). The van der Waals surface area contributed by atoms with Gasteiger partial charge in [-0.15, -0.1) is 10.2 Å². The van der Waals surface area contributed by atoms with E-state index in [2.05, 4.69) is 15.5 Å². The van der Waals surface area contributed by atoms with Crippen molar-refractivity contribution in [1.29, 1.82) is 0 Å². The molecule has 8 heteroatoms. The molecule has 0 saturated heterocycles. The first kappa shape index (κ1) is 23.8. The molecule has 0 fully saturated rings. The zero-order chi connectivity index (χ0) is 24.8. The third-order valence-corrected chi connectivity index (χ3v) is 5.48. The third-order valence-electron chi connectivity index (χ3n) is 5.48. The lowest BCUT2D eigenvalue weighted by Crippen LogP contribution is -2.40. The van der Waals surface area contributed by atoms with Gasteiger partial charge in [0.2, 0.25) is 17.7 Å². The average molecular weight is 473 g/mol. The van der Waals surface area contributed by atoms with Crippen molar-refractivity contribution in [2.45, 2.75) is 20.4 Å². The van der Waals surface area contributed by atoms with Crippen LogP contribution < -0.4 is 5.32 Å². The Bertz CT molecular complexity index is 1320. The summed E-state index contributed by atoms with van der Waals surface area (Å²) in [6, 6.07) is 20.5. The first-order chi connectivity index (χ1) is 16.9. The first-order valence-corrected chi connectivity index (χ1v) is 11.2. The first-order valence-electron chi connectivity index (χ1n) is 11.2. The number of likely N-dealkylation sites (N-methyl/N-ethyl adjacent to an activating group) is 1. The minimum absolute atomic E-state index is 0.0816. The third kappa shape index (κ3) is 5.97. The van der Waals surface area contributed by atoms with Gasteiger partial charge in [-0.3, -0.25) is 9.59 Å². The number of nitrogens with zero attached hydrogens (tertiary/aromatic N) is 3. The molecule has 0 unspecified atom stereocenters. The van der Waals surface area contributed by atoms with Crippen molar-refractivity contribution in [3.05, 3.63) is 95.3 Å². The lowest BCUT2D eigenvalue weighted by atomic mass is 10.1. The molecule has 0 spiro atoms. The van der Waals surface area contributed by atoms with Gasteiger partial charge >= 0.3 is 0 Å². The van der Waals surface area contributed by atoms with Crippen LogP contribution >= 0.6 is 0 Å². The Morgan fingerprint density at radius 3 is 2.29 bits per heavy atom. The maximum absolute atomic E-state index is 13.0.